The summed E-state index contributed by atoms with van der Waals surface area (Å²) in [5.74, 6) is 1.93. The molecule has 1 saturated heterocycles. The molecule has 0 spiro atoms. The number of nitrogens with one attached hydrogen (secondary N) is 1. The van der Waals surface area contributed by atoms with Crippen molar-refractivity contribution in [2.45, 2.75) is 25.3 Å². The van der Waals surface area contributed by atoms with E-state index in [-0.39, 0.29) is 0 Å². The maximum atomic E-state index is 5.42. The summed E-state index contributed by atoms with van der Waals surface area (Å²) >= 11 is 0. The fourth-order valence-electron chi connectivity index (χ4n) is 3.73. The molecule has 0 radical (unpaired) electrons. The lowest BCUT2D eigenvalue weighted by Gasteiger charge is -2.32. The molecule has 0 bridgehead atoms. The highest BCUT2D eigenvalue weighted by molar-refractivity contribution is 5.72. The highest BCUT2D eigenvalue weighted by Crippen LogP contribution is 2.31. The van der Waals surface area contributed by atoms with Crippen LogP contribution in [0.4, 0.5) is 0 Å². The molecule has 3 aromatic rings. The van der Waals surface area contributed by atoms with Gasteiger partial charge in [0.25, 0.3) is 0 Å². The van der Waals surface area contributed by atoms with E-state index in [1.807, 2.05) is 6.07 Å². The summed E-state index contributed by atoms with van der Waals surface area (Å²) in [6, 6.07) is 6.12. The van der Waals surface area contributed by atoms with E-state index in [0.717, 1.165) is 55.2 Å². The van der Waals surface area contributed by atoms with Crippen molar-refractivity contribution in [1.82, 2.24) is 25.1 Å². The lowest BCUT2D eigenvalue weighted by Crippen LogP contribution is -2.34. The Bertz CT molecular complexity index is 895. The van der Waals surface area contributed by atoms with Crippen LogP contribution >= 0.6 is 0 Å². The average Bonchev–Trinajstić information content (AvgIpc) is 3.12. The third kappa shape index (κ3) is 3.22. The zero-order valence-corrected chi connectivity index (χ0v) is 15.1. The van der Waals surface area contributed by atoms with Gasteiger partial charge in [-0.2, -0.15) is 5.10 Å². The molecule has 1 fully saturated rings. The SMILES string of the molecule is COc1ccc(CN2CCC[C@H](c3[nH]nc4nccnc34)C2)cc1OC. The van der Waals surface area contributed by atoms with E-state index in [2.05, 4.69) is 37.2 Å². The molecule has 136 valence electrons. The van der Waals surface area contributed by atoms with Gasteiger partial charge in [0.1, 0.15) is 5.52 Å². The highest BCUT2D eigenvalue weighted by Gasteiger charge is 2.25. The van der Waals surface area contributed by atoms with Gasteiger partial charge in [-0.25, -0.2) is 9.97 Å². The Kier molecular flexibility index (Phi) is 4.71. The largest absolute Gasteiger partial charge is 0.493 e. The van der Waals surface area contributed by atoms with E-state index >= 15 is 0 Å². The van der Waals surface area contributed by atoms with Crippen molar-refractivity contribution < 1.29 is 9.47 Å². The molecular formula is C19H23N5O2. The summed E-state index contributed by atoms with van der Waals surface area (Å²) in [6.45, 7) is 2.94. The number of methoxy groups -OCH3 is 2. The molecule has 1 aliphatic heterocycles. The topological polar surface area (TPSA) is 76.2 Å². The standard InChI is InChI=1S/C19H23N5O2/c1-25-15-6-5-13(10-16(15)26-2)11-24-9-3-4-14(12-24)17-18-19(23-22-17)21-8-7-20-18/h5-8,10,14H,3-4,9,11-12H2,1-2H3,(H,21,22,23)/t14-/m0/s1. The zero-order valence-electron chi connectivity index (χ0n) is 15.1. The first-order chi connectivity index (χ1) is 12.8. The minimum atomic E-state index is 0.394. The average molecular weight is 353 g/mol. The van der Waals surface area contributed by atoms with Crippen LogP contribution in [0.25, 0.3) is 11.2 Å². The summed E-state index contributed by atoms with van der Waals surface area (Å²) in [5, 5.41) is 7.46. The number of hydrogen-bond acceptors (Lipinski definition) is 6. The molecule has 26 heavy (non-hydrogen) atoms. The minimum Gasteiger partial charge on any atom is -0.493 e. The number of piperidine rings is 1. The molecule has 4 rings (SSSR count). The molecule has 7 nitrogen and oxygen atoms in total. The van der Waals surface area contributed by atoms with E-state index in [0.29, 0.717) is 11.6 Å². The maximum Gasteiger partial charge on any atom is 0.199 e. The third-order valence-electron chi connectivity index (χ3n) is 4.98. The van der Waals surface area contributed by atoms with Gasteiger partial charge in [-0.3, -0.25) is 10.00 Å². The number of H-pyrrole nitrogens is 1. The Labute approximate surface area is 152 Å². The molecule has 1 aromatic carbocycles. The van der Waals surface area contributed by atoms with Gasteiger partial charge >= 0.3 is 0 Å². The van der Waals surface area contributed by atoms with Gasteiger partial charge in [-0.1, -0.05) is 6.07 Å². The maximum absolute atomic E-state index is 5.42. The molecular weight excluding hydrogens is 330 g/mol. The van der Waals surface area contributed by atoms with Gasteiger partial charge in [0.2, 0.25) is 0 Å². The van der Waals surface area contributed by atoms with Gasteiger partial charge < -0.3 is 9.47 Å². The second-order valence-electron chi connectivity index (χ2n) is 6.63. The van der Waals surface area contributed by atoms with Gasteiger partial charge in [-0.15, -0.1) is 0 Å². The number of fused-ring (bicyclic) bond motifs is 1. The van der Waals surface area contributed by atoms with Gasteiger partial charge in [0.15, 0.2) is 17.1 Å². The molecule has 7 heteroatoms. The van der Waals surface area contributed by atoms with Crippen LogP contribution in [0, 0.1) is 0 Å². The third-order valence-corrected chi connectivity index (χ3v) is 4.98. The number of aromatic nitrogens is 4. The van der Waals surface area contributed by atoms with Gasteiger partial charge in [-0.05, 0) is 37.1 Å². The van der Waals surface area contributed by atoms with E-state index in [4.69, 9.17) is 9.47 Å². The minimum absolute atomic E-state index is 0.394. The van der Waals surface area contributed by atoms with Crippen LogP contribution in [0.3, 0.4) is 0 Å². The first kappa shape index (κ1) is 16.8. The summed E-state index contributed by atoms with van der Waals surface area (Å²) < 4.78 is 10.7. The molecule has 0 saturated carbocycles. The van der Waals surface area contributed by atoms with Crippen LogP contribution in [0.2, 0.25) is 0 Å². The molecule has 2 aromatic heterocycles. The Morgan fingerprint density at radius 1 is 1.15 bits per heavy atom. The number of likely N-dealkylation sites (tertiary alicyclic amines) is 1. The smallest absolute Gasteiger partial charge is 0.199 e. The first-order valence-electron chi connectivity index (χ1n) is 8.86. The summed E-state index contributed by atoms with van der Waals surface area (Å²) in [5.41, 5.74) is 3.91. The molecule has 0 unspecified atom stereocenters. The van der Waals surface area contributed by atoms with Crippen LogP contribution in [0.5, 0.6) is 11.5 Å². The molecule has 1 aliphatic rings. The van der Waals surface area contributed by atoms with Gasteiger partial charge in [0.05, 0.1) is 19.9 Å². The van der Waals surface area contributed by atoms with E-state index in [1.165, 1.54) is 5.56 Å². The van der Waals surface area contributed by atoms with Crippen molar-refractivity contribution in [1.29, 1.82) is 0 Å². The fourth-order valence-corrected chi connectivity index (χ4v) is 3.73. The van der Waals surface area contributed by atoms with Crippen molar-refractivity contribution in [3.8, 4) is 11.5 Å². The number of rotatable bonds is 5. The van der Waals surface area contributed by atoms with Crippen molar-refractivity contribution in [3.05, 3.63) is 41.9 Å². The molecule has 1 N–H and O–H groups in total. The summed E-state index contributed by atoms with van der Waals surface area (Å²) in [6.07, 6.45) is 5.69. The molecule has 0 amide bonds. The molecule has 0 aliphatic carbocycles. The van der Waals surface area contributed by atoms with E-state index in [1.54, 1.807) is 26.6 Å². The predicted molar refractivity (Wildman–Crippen MR) is 98.5 cm³/mol. The Morgan fingerprint density at radius 2 is 2.00 bits per heavy atom. The lowest BCUT2D eigenvalue weighted by molar-refractivity contribution is 0.198. The van der Waals surface area contributed by atoms with Crippen LogP contribution < -0.4 is 9.47 Å². The summed E-state index contributed by atoms with van der Waals surface area (Å²) in [4.78, 5) is 11.2. The number of ether oxygens (including phenoxy) is 2. The lowest BCUT2D eigenvalue weighted by atomic mass is 9.94. The normalized spacial score (nSPS) is 18.2. The second-order valence-corrected chi connectivity index (χ2v) is 6.63. The quantitative estimate of drug-likeness (QED) is 0.760. The summed E-state index contributed by atoms with van der Waals surface area (Å²) in [7, 11) is 3.33. The predicted octanol–water partition coefficient (Wildman–Crippen LogP) is 2.75. The molecule has 3 heterocycles. The monoisotopic (exact) mass is 353 g/mol. The van der Waals surface area contributed by atoms with Crippen LogP contribution in [0.1, 0.15) is 30.0 Å². The Morgan fingerprint density at radius 3 is 2.85 bits per heavy atom. The fraction of sp³-hybridized carbons (Fsp3) is 0.421. The first-order valence-corrected chi connectivity index (χ1v) is 8.86. The number of aromatic amines is 1. The second kappa shape index (κ2) is 7.29. The van der Waals surface area contributed by atoms with Crippen molar-refractivity contribution >= 4 is 11.2 Å². The Hall–Kier alpha value is -2.67. The number of hydrogen-bond donors (Lipinski definition) is 1. The van der Waals surface area contributed by atoms with Crippen molar-refractivity contribution in [3.63, 3.8) is 0 Å². The van der Waals surface area contributed by atoms with Crippen LogP contribution in [-0.4, -0.2) is 52.4 Å². The van der Waals surface area contributed by atoms with Crippen LogP contribution in [-0.2, 0) is 6.54 Å². The number of nitrogens with zero attached hydrogens (tertiary/aromatic N) is 4. The molecule has 1 atom stereocenters. The van der Waals surface area contributed by atoms with E-state index in [9.17, 15) is 0 Å². The highest BCUT2D eigenvalue weighted by atomic mass is 16.5. The zero-order chi connectivity index (χ0) is 17.9. The van der Waals surface area contributed by atoms with E-state index < -0.39 is 0 Å². The van der Waals surface area contributed by atoms with Crippen LogP contribution in [0.15, 0.2) is 30.6 Å². The number of benzene rings is 1. The van der Waals surface area contributed by atoms with Crippen molar-refractivity contribution in [2.24, 2.45) is 0 Å². The Balaban J connectivity index is 1.50. The van der Waals surface area contributed by atoms with Gasteiger partial charge in [0, 0.05) is 31.4 Å². The van der Waals surface area contributed by atoms with Crippen molar-refractivity contribution in [2.75, 3.05) is 27.3 Å².